The molecule has 0 aliphatic heterocycles. The maximum atomic E-state index is 12.0. The molecule has 0 aliphatic rings. The van der Waals surface area contributed by atoms with Crippen molar-refractivity contribution in [3.05, 3.63) is 11.9 Å². The Morgan fingerprint density at radius 2 is 2.16 bits per heavy atom. The quantitative estimate of drug-likeness (QED) is 0.575. The highest BCUT2D eigenvalue weighted by molar-refractivity contribution is 7.92. The Hall–Kier alpha value is -1.12. The minimum atomic E-state index is -3.33. The lowest BCUT2D eigenvalue weighted by Gasteiger charge is -2.32. The van der Waals surface area contributed by atoms with E-state index in [1.165, 1.54) is 13.4 Å². The van der Waals surface area contributed by atoms with E-state index in [0.717, 1.165) is 0 Å². The molecule has 1 aromatic rings. The van der Waals surface area contributed by atoms with Crippen LogP contribution in [0.1, 0.15) is 32.5 Å². The van der Waals surface area contributed by atoms with Crippen LogP contribution in [-0.4, -0.2) is 36.3 Å². The number of hydrazine groups is 1. The van der Waals surface area contributed by atoms with Gasteiger partial charge in [0.2, 0.25) is 0 Å². The molecule has 110 valence electrons. The minimum Gasteiger partial charge on any atom is -0.493 e. The normalized spacial score (nSPS) is 14.4. The third kappa shape index (κ3) is 2.75. The Labute approximate surface area is 114 Å². The summed E-state index contributed by atoms with van der Waals surface area (Å²) in [4.78, 5) is 0. The smallest absolute Gasteiger partial charge is 0.161 e. The highest BCUT2D eigenvalue weighted by Gasteiger charge is 2.42. The zero-order valence-corrected chi connectivity index (χ0v) is 12.8. The number of sulfone groups is 1. The van der Waals surface area contributed by atoms with E-state index in [2.05, 4.69) is 10.5 Å². The topological polar surface area (TPSA) is 99.2 Å². The molecule has 0 aliphatic carbocycles. The molecule has 0 spiro atoms. The van der Waals surface area contributed by atoms with E-state index in [1.54, 1.807) is 24.7 Å². The van der Waals surface area contributed by atoms with Crippen LogP contribution < -0.4 is 16.0 Å². The van der Waals surface area contributed by atoms with E-state index < -0.39 is 20.6 Å². The fraction of sp³-hybridized carbons (Fsp3) is 0.727. The van der Waals surface area contributed by atoms with Gasteiger partial charge in [-0.25, -0.2) is 13.8 Å². The Bertz CT molecular complexity index is 515. The van der Waals surface area contributed by atoms with Crippen molar-refractivity contribution < 1.29 is 13.2 Å². The molecule has 0 saturated heterocycles. The molecule has 1 rings (SSSR count). The van der Waals surface area contributed by atoms with Crippen LogP contribution in [0.3, 0.4) is 0 Å². The lowest BCUT2D eigenvalue weighted by molar-refractivity contribution is 0.363. The molecule has 0 radical (unpaired) electrons. The number of hydrogen-bond donors (Lipinski definition) is 2. The van der Waals surface area contributed by atoms with E-state index in [-0.39, 0.29) is 0 Å². The SMILES string of the molecule is CCn1ncc(OC)c1C(NN)C(C)(C)S(C)(=O)=O. The number of hydrogen-bond acceptors (Lipinski definition) is 6. The second-order valence-electron chi connectivity index (χ2n) is 4.89. The number of aryl methyl sites for hydroxylation is 1. The summed E-state index contributed by atoms with van der Waals surface area (Å²) in [5.74, 6) is 6.10. The predicted molar refractivity (Wildman–Crippen MR) is 73.4 cm³/mol. The molecular formula is C11H22N4O3S. The van der Waals surface area contributed by atoms with Crippen molar-refractivity contribution in [1.82, 2.24) is 15.2 Å². The number of ether oxygens (including phenoxy) is 1. The summed E-state index contributed by atoms with van der Waals surface area (Å²) in [6.07, 6.45) is 2.75. The molecule has 1 aromatic heterocycles. The van der Waals surface area contributed by atoms with Gasteiger partial charge < -0.3 is 4.74 Å². The van der Waals surface area contributed by atoms with Gasteiger partial charge in [-0.15, -0.1) is 0 Å². The summed E-state index contributed by atoms with van der Waals surface area (Å²) in [5, 5.41) is 4.17. The highest BCUT2D eigenvalue weighted by atomic mass is 32.2. The average molecular weight is 290 g/mol. The van der Waals surface area contributed by atoms with E-state index in [0.29, 0.717) is 18.0 Å². The maximum Gasteiger partial charge on any atom is 0.161 e. The Morgan fingerprint density at radius 1 is 1.58 bits per heavy atom. The molecule has 1 unspecified atom stereocenters. The third-order valence-electron chi connectivity index (χ3n) is 3.46. The third-order valence-corrected chi connectivity index (χ3v) is 5.60. The number of nitrogens with zero attached hydrogens (tertiary/aromatic N) is 2. The number of nitrogens with two attached hydrogens (primary N) is 1. The van der Waals surface area contributed by atoms with Crippen LogP contribution in [0.2, 0.25) is 0 Å². The van der Waals surface area contributed by atoms with Gasteiger partial charge in [0.05, 0.1) is 24.1 Å². The maximum absolute atomic E-state index is 12.0. The van der Waals surface area contributed by atoms with Crippen molar-refractivity contribution in [1.29, 1.82) is 0 Å². The van der Waals surface area contributed by atoms with E-state index in [9.17, 15) is 8.42 Å². The lowest BCUT2D eigenvalue weighted by atomic mass is 10.00. The first kappa shape index (κ1) is 15.9. The fourth-order valence-electron chi connectivity index (χ4n) is 1.90. The molecule has 0 amide bonds. The molecule has 8 heteroatoms. The first-order valence-electron chi connectivity index (χ1n) is 5.96. The van der Waals surface area contributed by atoms with Gasteiger partial charge in [-0.1, -0.05) is 0 Å². The number of aromatic nitrogens is 2. The summed E-state index contributed by atoms with van der Waals surface area (Å²) in [7, 11) is -1.81. The molecule has 7 nitrogen and oxygen atoms in total. The highest BCUT2D eigenvalue weighted by Crippen LogP contribution is 2.36. The van der Waals surface area contributed by atoms with Gasteiger partial charge in [0.15, 0.2) is 15.6 Å². The van der Waals surface area contributed by atoms with E-state index in [4.69, 9.17) is 10.6 Å². The Morgan fingerprint density at radius 3 is 2.53 bits per heavy atom. The Balaban J connectivity index is 3.43. The summed E-state index contributed by atoms with van der Waals surface area (Å²) < 4.78 is 29.8. The molecule has 0 fully saturated rings. The molecular weight excluding hydrogens is 268 g/mol. The number of methoxy groups -OCH3 is 1. The van der Waals surface area contributed by atoms with Crippen LogP contribution >= 0.6 is 0 Å². The van der Waals surface area contributed by atoms with Crippen LogP contribution in [0.15, 0.2) is 6.20 Å². The molecule has 0 aromatic carbocycles. The fourth-order valence-corrected chi connectivity index (χ4v) is 2.51. The second kappa shape index (κ2) is 5.48. The van der Waals surface area contributed by atoms with Gasteiger partial charge in [-0.3, -0.25) is 10.5 Å². The first-order valence-corrected chi connectivity index (χ1v) is 7.85. The first-order chi connectivity index (χ1) is 8.70. The van der Waals surface area contributed by atoms with Gasteiger partial charge in [0.25, 0.3) is 0 Å². The number of nitrogens with one attached hydrogen (secondary N) is 1. The van der Waals surface area contributed by atoms with Crippen molar-refractivity contribution in [2.24, 2.45) is 5.84 Å². The summed E-state index contributed by atoms with van der Waals surface area (Å²) >= 11 is 0. The van der Waals surface area contributed by atoms with Crippen LogP contribution in [-0.2, 0) is 16.4 Å². The molecule has 0 bridgehead atoms. The van der Waals surface area contributed by atoms with Crippen molar-refractivity contribution in [2.75, 3.05) is 13.4 Å². The van der Waals surface area contributed by atoms with Crippen molar-refractivity contribution in [3.8, 4) is 5.75 Å². The Kier molecular flexibility index (Phi) is 4.59. The predicted octanol–water partition coefficient (Wildman–Crippen LogP) is 0.239. The lowest BCUT2D eigenvalue weighted by Crippen LogP contribution is -2.48. The van der Waals surface area contributed by atoms with Gasteiger partial charge in [-0.2, -0.15) is 5.10 Å². The number of rotatable bonds is 6. The summed E-state index contributed by atoms with van der Waals surface area (Å²) in [6, 6.07) is -0.625. The largest absolute Gasteiger partial charge is 0.493 e. The van der Waals surface area contributed by atoms with Gasteiger partial charge in [-0.05, 0) is 20.8 Å². The van der Waals surface area contributed by atoms with Gasteiger partial charge in [0, 0.05) is 12.8 Å². The second-order valence-corrected chi connectivity index (χ2v) is 7.49. The van der Waals surface area contributed by atoms with Crippen LogP contribution in [0.25, 0.3) is 0 Å². The molecule has 1 heterocycles. The summed E-state index contributed by atoms with van der Waals surface area (Å²) in [6.45, 7) is 5.76. The zero-order chi connectivity index (χ0) is 14.8. The standard InChI is InChI=1S/C11H22N4O3S/c1-6-15-9(8(18-4)7-13-15)10(14-12)11(2,3)19(5,16)17/h7,10,14H,6,12H2,1-5H3. The summed E-state index contributed by atoms with van der Waals surface area (Å²) in [5.41, 5.74) is 3.21. The molecule has 19 heavy (non-hydrogen) atoms. The van der Waals surface area contributed by atoms with Crippen LogP contribution in [0.4, 0.5) is 0 Å². The van der Waals surface area contributed by atoms with Gasteiger partial charge in [0.1, 0.15) is 5.69 Å². The molecule has 3 N–H and O–H groups in total. The molecule has 0 saturated carbocycles. The van der Waals surface area contributed by atoms with E-state index in [1.807, 2.05) is 6.92 Å². The van der Waals surface area contributed by atoms with Crippen LogP contribution in [0, 0.1) is 0 Å². The molecule has 1 atom stereocenters. The zero-order valence-electron chi connectivity index (χ0n) is 12.0. The monoisotopic (exact) mass is 290 g/mol. The van der Waals surface area contributed by atoms with Crippen molar-refractivity contribution in [3.63, 3.8) is 0 Å². The van der Waals surface area contributed by atoms with Crippen LogP contribution in [0.5, 0.6) is 5.75 Å². The van der Waals surface area contributed by atoms with E-state index >= 15 is 0 Å². The van der Waals surface area contributed by atoms with Crippen molar-refractivity contribution >= 4 is 9.84 Å². The minimum absolute atomic E-state index is 0.515. The van der Waals surface area contributed by atoms with Gasteiger partial charge >= 0.3 is 0 Å². The average Bonchev–Trinajstić information content (AvgIpc) is 2.71. The van der Waals surface area contributed by atoms with Crippen molar-refractivity contribution in [2.45, 2.75) is 38.1 Å².